The third-order valence-corrected chi connectivity index (χ3v) is 5.61. The number of H-pyrrole nitrogens is 1. The van der Waals surface area contributed by atoms with Crippen molar-refractivity contribution >= 4 is 23.9 Å². The number of rotatable bonds is 10. The van der Waals surface area contributed by atoms with E-state index in [0.29, 0.717) is 25.8 Å². The van der Waals surface area contributed by atoms with Crippen LogP contribution >= 0.6 is 0 Å². The van der Waals surface area contributed by atoms with Crippen LogP contribution in [0.25, 0.3) is 11.1 Å². The number of benzene rings is 2. The van der Waals surface area contributed by atoms with Crippen LogP contribution in [0.15, 0.2) is 48.5 Å². The standard InChI is InChI=1S/C24H25N5O5/c30-20(31)12-2-1-7-13-25-22(32)21-26-23(29-28-21)27-24(33)34-14-19-17-10-5-3-8-15(17)16-9-4-6-11-18(16)19/h3-6,8-11,19H,1-2,7,12-14H2,(H,25,32)(H,30,31)(H2,26,27,28,29,33). The number of fused-ring (bicyclic) bond motifs is 3. The van der Waals surface area contributed by atoms with Gasteiger partial charge >= 0.3 is 12.1 Å². The van der Waals surface area contributed by atoms with Gasteiger partial charge in [0.05, 0.1) is 0 Å². The van der Waals surface area contributed by atoms with E-state index in [4.69, 9.17) is 9.84 Å². The largest absolute Gasteiger partial charge is 0.481 e. The number of carbonyl (C=O) groups excluding carboxylic acids is 2. The van der Waals surface area contributed by atoms with Gasteiger partial charge in [-0.1, -0.05) is 55.0 Å². The number of ether oxygens (including phenoxy) is 1. The van der Waals surface area contributed by atoms with Crippen LogP contribution in [0, 0.1) is 0 Å². The van der Waals surface area contributed by atoms with Crippen LogP contribution in [0.5, 0.6) is 0 Å². The van der Waals surface area contributed by atoms with Crippen LogP contribution in [0.1, 0.15) is 53.3 Å². The second-order valence-electron chi connectivity index (χ2n) is 7.92. The number of aliphatic carboxylic acids is 1. The summed E-state index contributed by atoms with van der Waals surface area (Å²) in [5, 5.41) is 20.0. The third-order valence-electron chi connectivity index (χ3n) is 5.61. The third kappa shape index (κ3) is 5.40. The van der Waals surface area contributed by atoms with Crippen LogP contribution in [0.3, 0.4) is 0 Å². The number of nitrogens with one attached hydrogen (secondary N) is 3. The molecule has 0 saturated carbocycles. The van der Waals surface area contributed by atoms with Gasteiger partial charge < -0.3 is 15.2 Å². The predicted octanol–water partition coefficient (Wildman–Crippen LogP) is 3.54. The number of hydrogen-bond donors (Lipinski definition) is 4. The first-order valence-corrected chi connectivity index (χ1v) is 11.1. The highest BCUT2D eigenvalue weighted by molar-refractivity contribution is 5.91. The number of unbranched alkanes of at least 4 members (excludes halogenated alkanes) is 2. The zero-order valence-corrected chi connectivity index (χ0v) is 18.4. The van der Waals surface area contributed by atoms with E-state index in [1.807, 2.05) is 36.4 Å². The van der Waals surface area contributed by atoms with Crippen LogP contribution in [-0.2, 0) is 9.53 Å². The van der Waals surface area contributed by atoms with Crippen LogP contribution in [0.2, 0.25) is 0 Å². The van der Waals surface area contributed by atoms with E-state index >= 15 is 0 Å². The van der Waals surface area contributed by atoms with Gasteiger partial charge in [-0.2, -0.15) is 4.98 Å². The van der Waals surface area contributed by atoms with Crippen molar-refractivity contribution in [1.82, 2.24) is 20.5 Å². The molecule has 0 aliphatic heterocycles. The Morgan fingerprint density at radius 3 is 2.32 bits per heavy atom. The average molecular weight is 463 g/mol. The Kier molecular flexibility index (Phi) is 7.16. The summed E-state index contributed by atoms with van der Waals surface area (Å²) in [4.78, 5) is 38.9. The van der Waals surface area contributed by atoms with E-state index in [-0.39, 0.29) is 30.7 Å². The van der Waals surface area contributed by atoms with Crippen molar-refractivity contribution in [1.29, 1.82) is 0 Å². The molecule has 2 aromatic carbocycles. The minimum Gasteiger partial charge on any atom is -0.481 e. The molecule has 34 heavy (non-hydrogen) atoms. The number of amides is 2. The summed E-state index contributed by atoms with van der Waals surface area (Å²) in [6.07, 6.45) is 1.30. The molecule has 176 valence electrons. The topological polar surface area (TPSA) is 146 Å². The molecule has 1 aromatic heterocycles. The zero-order chi connectivity index (χ0) is 23.9. The van der Waals surface area contributed by atoms with Gasteiger partial charge in [0.2, 0.25) is 5.82 Å². The highest BCUT2D eigenvalue weighted by atomic mass is 16.5. The molecule has 0 fully saturated rings. The van der Waals surface area contributed by atoms with Crippen molar-refractivity contribution in [3.05, 3.63) is 65.5 Å². The first-order chi connectivity index (χ1) is 16.5. The lowest BCUT2D eigenvalue weighted by Crippen LogP contribution is -2.25. The summed E-state index contributed by atoms with van der Waals surface area (Å²) < 4.78 is 5.45. The van der Waals surface area contributed by atoms with E-state index in [0.717, 1.165) is 22.3 Å². The SMILES string of the molecule is O=C(O)CCCCCNC(=O)c1nc(NC(=O)OCC2c3ccccc3-c3ccccc32)n[nH]1. The average Bonchev–Trinajstić information content (AvgIpc) is 3.42. The van der Waals surface area contributed by atoms with Crippen LogP contribution in [0.4, 0.5) is 10.7 Å². The minimum atomic E-state index is -0.831. The highest BCUT2D eigenvalue weighted by Gasteiger charge is 2.29. The summed E-state index contributed by atoms with van der Waals surface area (Å²) in [7, 11) is 0. The molecule has 10 heteroatoms. The lowest BCUT2D eigenvalue weighted by atomic mass is 9.98. The van der Waals surface area contributed by atoms with Gasteiger partial charge in [0, 0.05) is 18.9 Å². The Morgan fingerprint density at radius 1 is 0.971 bits per heavy atom. The Morgan fingerprint density at radius 2 is 1.65 bits per heavy atom. The maximum absolute atomic E-state index is 12.3. The Bertz CT molecular complexity index is 1150. The number of aromatic nitrogens is 3. The fraction of sp³-hybridized carbons (Fsp3) is 0.292. The fourth-order valence-electron chi connectivity index (χ4n) is 4.01. The molecule has 0 atom stereocenters. The number of carboxylic acid groups (broad SMARTS) is 1. The summed E-state index contributed by atoms with van der Waals surface area (Å²) in [6.45, 7) is 0.536. The highest BCUT2D eigenvalue weighted by Crippen LogP contribution is 2.44. The normalized spacial score (nSPS) is 12.0. The van der Waals surface area contributed by atoms with Crippen molar-refractivity contribution in [3.8, 4) is 11.1 Å². The fourth-order valence-corrected chi connectivity index (χ4v) is 4.01. The van der Waals surface area contributed by atoms with Gasteiger partial charge in [-0.15, -0.1) is 5.10 Å². The number of aromatic amines is 1. The predicted molar refractivity (Wildman–Crippen MR) is 124 cm³/mol. The zero-order valence-electron chi connectivity index (χ0n) is 18.4. The molecule has 1 aliphatic rings. The van der Waals surface area contributed by atoms with Gasteiger partial charge in [-0.25, -0.2) is 4.79 Å². The molecule has 1 aliphatic carbocycles. The van der Waals surface area contributed by atoms with E-state index < -0.39 is 18.0 Å². The van der Waals surface area contributed by atoms with Crippen molar-refractivity contribution in [3.63, 3.8) is 0 Å². The van der Waals surface area contributed by atoms with Crippen molar-refractivity contribution in [2.75, 3.05) is 18.5 Å². The second kappa shape index (κ2) is 10.6. The van der Waals surface area contributed by atoms with Crippen molar-refractivity contribution in [2.24, 2.45) is 0 Å². The van der Waals surface area contributed by atoms with E-state index in [2.05, 4.69) is 37.9 Å². The molecule has 3 aromatic rings. The Hall–Kier alpha value is -4.21. The number of anilines is 1. The first kappa shape index (κ1) is 23.0. The van der Waals surface area contributed by atoms with Gasteiger partial charge in [0.25, 0.3) is 11.9 Å². The molecular formula is C24H25N5O5. The second-order valence-corrected chi connectivity index (χ2v) is 7.92. The van der Waals surface area contributed by atoms with Gasteiger partial charge in [0.15, 0.2) is 0 Å². The van der Waals surface area contributed by atoms with Gasteiger partial charge in [-0.05, 0) is 35.1 Å². The maximum Gasteiger partial charge on any atom is 0.414 e. The Balaban J connectivity index is 1.25. The number of hydrogen-bond acceptors (Lipinski definition) is 6. The molecule has 1 heterocycles. The molecular weight excluding hydrogens is 438 g/mol. The van der Waals surface area contributed by atoms with Gasteiger partial charge in [-0.3, -0.25) is 20.0 Å². The molecule has 0 spiro atoms. The first-order valence-electron chi connectivity index (χ1n) is 11.1. The molecule has 0 bridgehead atoms. The van der Waals surface area contributed by atoms with Crippen molar-refractivity contribution < 1.29 is 24.2 Å². The van der Waals surface area contributed by atoms with Crippen LogP contribution in [-0.4, -0.2) is 51.4 Å². The lowest BCUT2D eigenvalue weighted by Gasteiger charge is -2.13. The number of nitrogens with zero attached hydrogens (tertiary/aromatic N) is 2. The molecule has 0 unspecified atom stereocenters. The monoisotopic (exact) mass is 463 g/mol. The minimum absolute atomic E-state index is 0.0421. The van der Waals surface area contributed by atoms with E-state index in [1.165, 1.54) is 0 Å². The molecule has 0 saturated heterocycles. The molecule has 10 nitrogen and oxygen atoms in total. The Labute approximate surface area is 195 Å². The summed E-state index contributed by atoms with van der Waals surface area (Å²) in [5.74, 6) is -1.47. The summed E-state index contributed by atoms with van der Waals surface area (Å²) >= 11 is 0. The van der Waals surface area contributed by atoms with Gasteiger partial charge in [0.1, 0.15) is 6.61 Å². The molecule has 4 rings (SSSR count). The molecule has 2 amide bonds. The number of carbonyl (C=O) groups is 3. The van der Waals surface area contributed by atoms with E-state index in [1.54, 1.807) is 0 Å². The summed E-state index contributed by atoms with van der Waals surface area (Å²) in [5.41, 5.74) is 4.49. The summed E-state index contributed by atoms with van der Waals surface area (Å²) in [6, 6.07) is 16.1. The molecule has 4 N–H and O–H groups in total. The van der Waals surface area contributed by atoms with E-state index in [9.17, 15) is 14.4 Å². The maximum atomic E-state index is 12.3. The number of carboxylic acids is 1. The lowest BCUT2D eigenvalue weighted by molar-refractivity contribution is -0.137. The quantitative estimate of drug-likeness (QED) is 0.336. The van der Waals surface area contributed by atoms with Crippen molar-refractivity contribution in [2.45, 2.75) is 31.6 Å². The smallest absolute Gasteiger partial charge is 0.414 e. The molecule has 0 radical (unpaired) electrons. The van der Waals surface area contributed by atoms with Crippen LogP contribution < -0.4 is 10.6 Å².